The summed E-state index contributed by atoms with van der Waals surface area (Å²) in [5, 5.41) is 0.447. The molecule has 20 heavy (non-hydrogen) atoms. The van der Waals surface area contributed by atoms with E-state index in [-0.39, 0.29) is 0 Å². The van der Waals surface area contributed by atoms with Crippen LogP contribution in [0.4, 0.5) is 0 Å². The van der Waals surface area contributed by atoms with Gasteiger partial charge in [0, 0.05) is 18.9 Å². The standard InChI is InChI=1S/C15H15ClN4/c1-2-9-20-13-6-4-3-5-11(13)19-14(20)10-12-15(16)18-8-7-17-12/h3-8H,2,9-10H2,1H3. The molecule has 2 aromatic heterocycles. The second-order valence-corrected chi connectivity index (χ2v) is 5.00. The number of hydrogen-bond acceptors (Lipinski definition) is 3. The molecule has 0 fully saturated rings. The predicted octanol–water partition coefficient (Wildman–Crippen LogP) is 3.48. The lowest BCUT2D eigenvalue weighted by molar-refractivity contribution is 0.661. The third kappa shape index (κ3) is 2.39. The van der Waals surface area contributed by atoms with Crippen LogP contribution in [0.1, 0.15) is 24.9 Å². The third-order valence-corrected chi connectivity index (χ3v) is 3.55. The largest absolute Gasteiger partial charge is 0.328 e. The molecule has 5 heteroatoms. The molecule has 0 unspecified atom stereocenters. The number of benzene rings is 1. The van der Waals surface area contributed by atoms with Crippen molar-refractivity contribution in [3.63, 3.8) is 0 Å². The van der Waals surface area contributed by atoms with E-state index in [0.717, 1.165) is 35.5 Å². The Morgan fingerprint density at radius 3 is 2.75 bits per heavy atom. The molecule has 0 N–H and O–H groups in total. The normalized spacial score (nSPS) is 11.1. The van der Waals surface area contributed by atoms with E-state index in [1.165, 1.54) is 0 Å². The van der Waals surface area contributed by atoms with E-state index in [2.05, 4.69) is 27.5 Å². The molecule has 3 rings (SSSR count). The van der Waals surface area contributed by atoms with E-state index in [1.54, 1.807) is 12.4 Å². The molecular weight excluding hydrogens is 272 g/mol. The fourth-order valence-corrected chi connectivity index (χ4v) is 2.52. The molecule has 0 saturated heterocycles. The van der Waals surface area contributed by atoms with E-state index in [9.17, 15) is 0 Å². The Hall–Kier alpha value is -1.94. The summed E-state index contributed by atoms with van der Waals surface area (Å²) in [7, 11) is 0. The van der Waals surface area contributed by atoms with Gasteiger partial charge in [0.25, 0.3) is 0 Å². The van der Waals surface area contributed by atoms with Crippen LogP contribution in [0, 0.1) is 0 Å². The van der Waals surface area contributed by atoms with E-state index in [4.69, 9.17) is 16.6 Å². The van der Waals surface area contributed by atoms with Crippen molar-refractivity contribution < 1.29 is 0 Å². The molecule has 0 bridgehead atoms. The van der Waals surface area contributed by atoms with Crippen molar-refractivity contribution in [3.8, 4) is 0 Å². The lowest BCUT2D eigenvalue weighted by atomic mass is 10.3. The Morgan fingerprint density at radius 1 is 1.15 bits per heavy atom. The van der Waals surface area contributed by atoms with Crippen LogP contribution in [0.15, 0.2) is 36.7 Å². The van der Waals surface area contributed by atoms with Gasteiger partial charge in [-0.3, -0.25) is 4.98 Å². The minimum absolute atomic E-state index is 0.447. The van der Waals surface area contributed by atoms with Gasteiger partial charge in [0.15, 0.2) is 5.15 Å². The van der Waals surface area contributed by atoms with Gasteiger partial charge >= 0.3 is 0 Å². The maximum absolute atomic E-state index is 6.09. The van der Waals surface area contributed by atoms with Crippen LogP contribution in [-0.2, 0) is 13.0 Å². The number of imidazole rings is 1. The number of fused-ring (bicyclic) bond motifs is 1. The van der Waals surface area contributed by atoms with Gasteiger partial charge < -0.3 is 4.57 Å². The molecular formula is C15H15ClN4. The number of aryl methyl sites for hydroxylation is 1. The SMILES string of the molecule is CCCn1c(Cc2nccnc2Cl)nc2ccccc21. The Labute approximate surface area is 122 Å². The Kier molecular flexibility index (Phi) is 3.65. The van der Waals surface area contributed by atoms with Crippen molar-refractivity contribution in [2.75, 3.05) is 0 Å². The van der Waals surface area contributed by atoms with Crippen LogP contribution in [0.3, 0.4) is 0 Å². The fourth-order valence-electron chi connectivity index (χ4n) is 2.35. The minimum atomic E-state index is 0.447. The number of nitrogens with zero attached hydrogens (tertiary/aromatic N) is 4. The summed E-state index contributed by atoms with van der Waals surface area (Å²) in [6.45, 7) is 3.10. The number of rotatable bonds is 4. The highest BCUT2D eigenvalue weighted by Crippen LogP contribution is 2.20. The lowest BCUT2D eigenvalue weighted by Crippen LogP contribution is -2.06. The summed E-state index contributed by atoms with van der Waals surface area (Å²) < 4.78 is 2.24. The Morgan fingerprint density at radius 2 is 1.95 bits per heavy atom. The summed E-state index contributed by atoms with van der Waals surface area (Å²) in [5.41, 5.74) is 2.93. The second-order valence-electron chi connectivity index (χ2n) is 4.64. The molecule has 0 radical (unpaired) electrons. The van der Waals surface area contributed by atoms with E-state index in [0.29, 0.717) is 11.6 Å². The fraction of sp³-hybridized carbons (Fsp3) is 0.267. The van der Waals surface area contributed by atoms with Crippen molar-refractivity contribution >= 4 is 22.6 Å². The topological polar surface area (TPSA) is 43.6 Å². The summed E-state index contributed by atoms with van der Waals surface area (Å²) in [6, 6.07) is 8.17. The van der Waals surface area contributed by atoms with E-state index < -0.39 is 0 Å². The molecule has 0 spiro atoms. The van der Waals surface area contributed by atoms with E-state index >= 15 is 0 Å². The first-order chi connectivity index (χ1) is 9.79. The Balaban J connectivity index is 2.06. The first-order valence-corrected chi connectivity index (χ1v) is 7.07. The summed E-state index contributed by atoms with van der Waals surface area (Å²) in [6.07, 6.45) is 4.91. The predicted molar refractivity (Wildman–Crippen MR) is 79.9 cm³/mol. The van der Waals surface area contributed by atoms with Gasteiger partial charge in [-0.2, -0.15) is 0 Å². The van der Waals surface area contributed by atoms with Crippen LogP contribution in [0.5, 0.6) is 0 Å². The third-order valence-electron chi connectivity index (χ3n) is 3.23. The number of aromatic nitrogens is 4. The van der Waals surface area contributed by atoms with Gasteiger partial charge in [-0.25, -0.2) is 9.97 Å². The molecule has 0 amide bonds. The first-order valence-electron chi connectivity index (χ1n) is 6.69. The number of halogens is 1. The molecule has 0 aliphatic carbocycles. The van der Waals surface area contributed by atoms with Crippen LogP contribution in [0.25, 0.3) is 11.0 Å². The molecule has 0 aliphatic rings. The second kappa shape index (κ2) is 5.59. The van der Waals surface area contributed by atoms with Crippen LogP contribution >= 0.6 is 11.6 Å². The number of para-hydroxylation sites is 2. The van der Waals surface area contributed by atoms with Crippen molar-refractivity contribution in [1.82, 2.24) is 19.5 Å². The summed E-state index contributed by atoms with van der Waals surface area (Å²) in [4.78, 5) is 13.1. The number of hydrogen-bond donors (Lipinski definition) is 0. The molecule has 0 saturated carbocycles. The highest BCUT2D eigenvalue weighted by atomic mass is 35.5. The zero-order valence-electron chi connectivity index (χ0n) is 11.3. The van der Waals surface area contributed by atoms with Gasteiger partial charge in [0.2, 0.25) is 0 Å². The molecule has 4 nitrogen and oxygen atoms in total. The lowest BCUT2D eigenvalue weighted by Gasteiger charge is -2.07. The highest BCUT2D eigenvalue weighted by molar-refractivity contribution is 6.30. The molecule has 0 atom stereocenters. The van der Waals surface area contributed by atoms with Crippen molar-refractivity contribution in [2.24, 2.45) is 0 Å². The highest BCUT2D eigenvalue weighted by Gasteiger charge is 2.12. The van der Waals surface area contributed by atoms with Crippen LogP contribution in [0.2, 0.25) is 5.15 Å². The summed E-state index contributed by atoms with van der Waals surface area (Å²) in [5.74, 6) is 0.982. The molecule has 0 aliphatic heterocycles. The average molecular weight is 287 g/mol. The van der Waals surface area contributed by atoms with Gasteiger partial charge in [0.05, 0.1) is 23.1 Å². The summed E-state index contributed by atoms with van der Waals surface area (Å²) >= 11 is 6.09. The maximum atomic E-state index is 6.09. The van der Waals surface area contributed by atoms with Gasteiger partial charge in [0.1, 0.15) is 5.82 Å². The Bertz CT molecular complexity index is 736. The van der Waals surface area contributed by atoms with Crippen LogP contribution < -0.4 is 0 Å². The van der Waals surface area contributed by atoms with Crippen molar-refractivity contribution in [1.29, 1.82) is 0 Å². The molecule has 3 aromatic rings. The maximum Gasteiger partial charge on any atom is 0.150 e. The average Bonchev–Trinajstić information content (AvgIpc) is 2.80. The smallest absolute Gasteiger partial charge is 0.150 e. The first kappa shape index (κ1) is 13.1. The van der Waals surface area contributed by atoms with Gasteiger partial charge in [-0.15, -0.1) is 0 Å². The zero-order valence-corrected chi connectivity index (χ0v) is 12.0. The molecule has 1 aromatic carbocycles. The van der Waals surface area contributed by atoms with Crippen LogP contribution in [-0.4, -0.2) is 19.5 Å². The molecule has 102 valence electrons. The zero-order chi connectivity index (χ0) is 13.9. The van der Waals surface area contributed by atoms with Gasteiger partial charge in [-0.05, 0) is 18.6 Å². The quantitative estimate of drug-likeness (QED) is 0.737. The van der Waals surface area contributed by atoms with Crippen molar-refractivity contribution in [3.05, 3.63) is 53.3 Å². The van der Waals surface area contributed by atoms with E-state index in [1.807, 2.05) is 18.2 Å². The molecule has 2 heterocycles. The van der Waals surface area contributed by atoms with Crippen molar-refractivity contribution in [2.45, 2.75) is 26.3 Å². The minimum Gasteiger partial charge on any atom is -0.328 e. The van der Waals surface area contributed by atoms with Gasteiger partial charge in [-0.1, -0.05) is 30.7 Å². The monoisotopic (exact) mass is 286 g/mol.